The molecule has 0 aromatic heterocycles. The van der Waals surface area contributed by atoms with E-state index in [1.54, 1.807) is 6.07 Å². The molecule has 1 aliphatic carbocycles. The molecular formula is C22H21Br2FO2. The summed E-state index contributed by atoms with van der Waals surface area (Å²) in [6, 6.07) is 12.3. The molecule has 27 heavy (non-hydrogen) atoms. The maximum atomic E-state index is 13.6. The van der Waals surface area contributed by atoms with Crippen LogP contribution in [0.25, 0.3) is 11.1 Å². The van der Waals surface area contributed by atoms with Crippen molar-refractivity contribution in [1.29, 1.82) is 0 Å². The molecule has 1 fully saturated rings. The third-order valence-electron chi connectivity index (χ3n) is 5.42. The quantitative estimate of drug-likeness (QED) is 0.429. The summed E-state index contributed by atoms with van der Waals surface area (Å²) in [4.78, 5) is 12.6. The highest BCUT2D eigenvalue weighted by molar-refractivity contribution is 9.28. The van der Waals surface area contributed by atoms with Gasteiger partial charge in [0.1, 0.15) is 12.4 Å². The van der Waals surface area contributed by atoms with Crippen molar-refractivity contribution >= 4 is 37.8 Å². The molecule has 2 aromatic rings. The Balaban J connectivity index is 1.73. The topological polar surface area (TPSA) is 26.3 Å². The molecular weight excluding hydrogens is 475 g/mol. The van der Waals surface area contributed by atoms with Gasteiger partial charge in [0, 0.05) is 0 Å². The second-order valence-electron chi connectivity index (χ2n) is 7.49. The highest BCUT2D eigenvalue weighted by Crippen LogP contribution is 2.60. The number of hydrogen-bond acceptors (Lipinski definition) is 2. The Morgan fingerprint density at radius 3 is 2.59 bits per heavy atom. The van der Waals surface area contributed by atoms with Gasteiger partial charge >= 0.3 is 5.97 Å². The van der Waals surface area contributed by atoms with Crippen LogP contribution in [0.15, 0.2) is 51.9 Å². The summed E-state index contributed by atoms with van der Waals surface area (Å²) in [6.07, 6.45) is 2.00. The third-order valence-corrected chi connectivity index (χ3v) is 5.95. The Labute approximate surface area is 176 Å². The van der Waals surface area contributed by atoms with Gasteiger partial charge in [0.25, 0.3) is 0 Å². The summed E-state index contributed by atoms with van der Waals surface area (Å²) in [7, 11) is 0. The molecule has 0 bridgehead atoms. The number of carbonyl (C=O) groups is 1. The van der Waals surface area contributed by atoms with Crippen LogP contribution in [0.1, 0.15) is 25.0 Å². The van der Waals surface area contributed by atoms with E-state index in [-0.39, 0.29) is 35.6 Å². The van der Waals surface area contributed by atoms with E-state index in [1.807, 2.05) is 37.3 Å². The van der Waals surface area contributed by atoms with Crippen LogP contribution in [-0.2, 0) is 16.1 Å². The number of rotatable bonds is 5. The van der Waals surface area contributed by atoms with Crippen LogP contribution in [0.3, 0.4) is 0 Å². The maximum absolute atomic E-state index is 13.6. The van der Waals surface area contributed by atoms with E-state index in [0.29, 0.717) is 0 Å². The Morgan fingerprint density at radius 1 is 1.22 bits per heavy atom. The van der Waals surface area contributed by atoms with Crippen LogP contribution in [0.4, 0.5) is 4.39 Å². The Hall–Kier alpha value is -1.46. The van der Waals surface area contributed by atoms with Gasteiger partial charge in [-0.15, -0.1) is 0 Å². The fourth-order valence-corrected chi connectivity index (χ4v) is 4.19. The van der Waals surface area contributed by atoms with Gasteiger partial charge in [-0.1, -0.05) is 50.3 Å². The van der Waals surface area contributed by atoms with Gasteiger partial charge in [0.2, 0.25) is 0 Å². The molecule has 0 N–H and O–H groups in total. The van der Waals surface area contributed by atoms with E-state index >= 15 is 0 Å². The molecule has 0 saturated heterocycles. The summed E-state index contributed by atoms with van der Waals surface area (Å²) in [5.74, 6) is -0.442. The summed E-state index contributed by atoms with van der Waals surface area (Å²) in [5.41, 5.74) is 3.57. The number of esters is 1. The third kappa shape index (κ3) is 4.35. The monoisotopic (exact) mass is 494 g/mol. The van der Waals surface area contributed by atoms with Crippen molar-refractivity contribution < 1.29 is 13.9 Å². The number of benzene rings is 2. The minimum absolute atomic E-state index is 0.109. The molecule has 1 saturated carbocycles. The van der Waals surface area contributed by atoms with Crippen molar-refractivity contribution in [3.05, 3.63) is 68.9 Å². The van der Waals surface area contributed by atoms with E-state index in [0.717, 1.165) is 25.6 Å². The zero-order valence-corrected chi connectivity index (χ0v) is 18.6. The zero-order chi connectivity index (χ0) is 19.8. The van der Waals surface area contributed by atoms with E-state index in [2.05, 4.69) is 45.7 Å². The normalized spacial score (nSPS) is 20.1. The first-order valence-corrected chi connectivity index (χ1v) is 10.3. The van der Waals surface area contributed by atoms with Crippen molar-refractivity contribution in [2.24, 2.45) is 17.3 Å². The molecule has 1 aliphatic rings. The molecule has 2 nitrogen and oxygen atoms in total. The lowest BCUT2D eigenvalue weighted by Gasteiger charge is -2.12. The highest BCUT2D eigenvalue weighted by Gasteiger charge is 2.61. The lowest BCUT2D eigenvalue weighted by Crippen LogP contribution is -2.11. The number of ether oxygens (including phenoxy) is 1. The minimum Gasteiger partial charge on any atom is -0.461 e. The van der Waals surface area contributed by atoms with Gasteiger partial charge in [0.15, 0.2) is 0 Å². The fourth-order valence-electron chi connectivity index (χ4n) is 3.62. The Morgan fingerprint density at radius 2 is 1.93 bits per heavy atom. The first-order valence-electron chi connectivity index (χ1n) is 8.75. The zero-order valence-electron chi connectivity index (χ0n) is 15.4. The van der Waals surface area contributed by atoms with Crippen LogP contribution in [-0.4, -0.2) is 5.97 Å². The van der Waals surface area contributed by atoms with Crippen molar-refractivity contribution in [2.75, 3.05) is 0 Å². The number of halogens is 3. The van der Waals surface area contributed by atoms with Crippen LogP contribution in [0.5, 0.6) is 0 Å². The van der Waals surface area contributed by atoms with Crippen molar-refractivity contribution in [3.8, 4) is 11.1 Å². The lowest BCUT2D eigenvalue weighted by molar-refractivity contribution is -0.147. The summed E-state index contributed by atoms with van der Waals surface area (Å²) < 4.78 is 20.0. The van der Waals surface area contributed by atoms with Crippen molar-refractivity contribution in [3.63, 3.8) is 0 Å². The molecule has 0 unspecified atom stereocenters. The van der Waals surface area contributed by atoms with Crippen LogP contribution in [0, 0.1) is 30.0 Å². The molecule has 5 heteroatoms. The van der Waals surface area contributed by atoms with E-state index in [1.165, 1.54) is 12.1 Å². The fraction of sp³-hybridized carbons (Fsp3) is 0.318. The van der Waals surface area contributed by atoms with Crippen LogP contribution < -0.4 is 0 Å². The first-order chi connectivity index (χ1) is 12.7. The SMILES string of the molecule is Cc1c(COC(=O)[C@@H]2[C@H](C=C(Br)Br)C2(C)C)cccc1-c1cccc(F)c1. The standard InChI is InChI=1S/C22H21Br2FO2/c1-13-15(7-5-9-17(13)14-6-4-8-16(25)10-14)12-27-21(26)20-18(11-19(23)24)22(20,2)3/h4-11,18,20H,12H2,1-3H3/t18-,20-/m0/s1. The van der Waals surface area contributed by atoms with Gasteiger partial charge in [0.05, 0.1) is 9.31 Å². The predicted molar refractivity (Wildman–Crippen MR) is 113 cm³/mol. The molecule has 0 heterocycles. The number of hydrogen-bond donors (Lipinski definition) is 0. The molecule has 0 spiro atoms. The minimum atomic E-state index is -0.267. The van der Waals surface area contributed by atoms with Gasteiger partial charge in [-0.05, 0) is 84.5 Å². The number of allylic oxidation sites excluding steroid dienone is 1. The summed E-state index contributed by atoms with van der Waals surface area (Å²) >= 11 is 6.73. The largest absolute Gasteiger partial charge is 0.461 e. The molecule has 2 aromatic carbocycles. The first kappa shape index (κ1) is 20.3. The van der Waals surface area contributed by atoms with E-state index < -0.39 is 0 Å². The lowest BCUT2D eigenvalue weighted by atomic mass is 9.97. The second-order valence-corrected chi connectivity index (χ2v) is 10.3. The van der Waals surface area contributed by atoms with Gasteiger partial charge in [-0.2, -0.15) is 0 Å². The maximum Gasteiger partial charge on any atom is 0.310 e. The highest BCUT2D eigenvalue weighted by atomic mass is 79.9. The number of carbonyl (C=O) groups excluding carboxylic acids is 1. The molecule has 0 aliphatic heterocycles. The summed E-state index contributed by atoms with van der Waals surface area (Å²) in [5, 5.41) is 0. The molecule has 142 valence electrons. The smallest absolute Gasteiger partial charge is 0.310 e. The molecule has 0 radical (unpaired) electrons. The molecule has 3 rings (SSSR count). The predicted octanol–water partition coefficient (Wildman–Crippen LogP) is 6.75. The second kappa shape index (κ2) is 7.88. The Bertz CT molecular complexity index is 901. The van der Waals surface area contributed by atoms with Gasteiger partial charge in [-0.25, -0.2) is 4.39 Å². The molecule has 2 atom stereocenters. The average Bonchev–Trinajstić information content (AvgIpc) is 3.13. The van der Waals surface area contributed by atoms with Crippen molar-refractivity contribution in [2.45, 2.75) is 27.4 Å². The average molecular weight is 496 g/mol. The summed E-state index contributed by atoms with van der Waals surface area (Å²) in [6.45, 7) is 6.32. The van der Waals surface area contributed by atoms with Gasteiger partial charge < -0.3 is 4.74 Å². The van der Waals surface area contributed by atoms with Crippen LogP contribution in [0.2, 0.25) is 0 Å². The Kier molecular flexibility index (Phi) is 5.92. The van der Waals surface area contributed by atoms with E-state index in [4.69, 9.17) is 4.74 Å². The van der Waals surface area contributed by atoms with Crippen molar-refractivity contribution in [1.82, 2.24) is 0 Å². The van der Waals surface area contributed by atoms with E-state index in [9.17, 15) is 9.18 Å². The molecule has 0 amide bonds. The van der Waals surface area contributed by atoms with Gasteiger partial charge in [-0.3, -0.25) is 4.79 Å². The van der Waals surface area contributed by atoms with Crippen LogP contribution >= 0.6 is 31.9 Å².